The van der Waals surface area contributed by atoms with E-state index in [9.17, 15) is 4.79 Å². The van der Waals surface area contributed by atoms with Gasteiger partial charge in [0.25, 0.3) is 0 Å². The van der Waals surface area contributed by atoms with Crippen molar-refractivity contribution in [1.82, 2.24) is 0 Å². The normalized spacial score (nSPS) is 11.6. The lowest BCUT2D eigenvalue weighted by molar-refractivity contribution is -0.920. The summed E-state index contributed by atoms with van der Waals surface area (Å²) in [6, 6.07) is 0. The lowest BCUT2D eigenvalue weighted by atomic mass is 9.97. The minimum absolute atomic E-state index is 0. The molecule has 0 aromatic carbocycles. The van der Waals surface area contributed by atoms with Gasteiger partial charge >= 0.3 is 5.97 Å². The smallest absolute Gasteiger partial charge is 0.333 e. The molecule has 0 rings (SSSR count). The predicted octanol–water partition coefficient (Wildman–Crippen LogP) is -1.02. The first-order valence-electron chi connectivity index (χ1n) is 5.22. The first kappa shape index (κ1) is 17.8. The van der Waals surface area contributed by atoms with Crippen LogP contribution in [0.3, 0.4) is 0 Å². The second-order valence-electron chi connectivity index (χ2n) is 5.49. The van der Waals surface area contributed by atoms with E-state index in [-0.39, 0.29) is 23.9 Å². The van der Waals surface area contributed by atoms with Crippen molar-refractivity contribution in [2.24, 2.45) is 0 Å². The molecule has 0 saturated carbocycles. The van der Waals surface area contributed by atoms with Crippen LogP contribution in [0.5, 0.6) is 0 Å². The molecule has 4 heteroatoms. The molecule has 16 heavy (non-hydrogen) atoms. The van der Waals surface area contributed by atoms with Gasteiger partial charge < -0.3 is 21.6 Å². The maximum absolute atomic E-state index is 11.2. The van der Waals surface area contributed by atoms with Crippen molar-refractivity contribution in [3.05, 3.63) is 12.2 Å². The van der Waals surface area contributed by atoms with Crippen molar-refractivity contribution in [3.8, 4) is 0 Å². The fourth-order valence-electron chi connectivity index (χ4n) is 0.852. The Kier molecular flexibility index (Phi) is 6.98. The Balaban J connectivity index is 0. The van der Waals surface area contributed by atoms with Crippen LogP contribution in [0.15, 0.2) is 12.2 Å². The maximum atomic E-state index is 11.2. The number of ether oxygens (including phenoxy) is 1. The summed E-state index contributed by atoms with van der Waals surface area (Å²) in [5, 5.41) is 0. The van der Waals surface area contributed by atoms with Crippen LogP contribution in [0.1, 0.15) is 27.2 Å². The van der Waals surface area contributed by atoms with Gasteiger partial charge in [-0.3, -0.25) is 0 Å². The van der Waals surface area contributed by atoms with Crippen LogP contribution < -0.4 is 12.4 Å². The fraction of sp³-hybridized carbons (Fsp3) is 0.750. The minimum atomic E-state index is -0.299. The van der Waals surface area contributed by atoms with Crippen LogP contribution in [-0.4, -0.2) is 43.7 Å². The van der Waals surface area contributed by atoms with Crippen LogP contribution in [-0.2, 0) is 9.53 Å². The average molecular weight is 250 g/mol. The number of halogens is 1. The molecule has 0 heterocycles. The standard InChI is InChI=1S/C12H24NO2.ClH/c1-10(2)11(14)15-9-8-12(3,4)13(5,6)7;/h1,8-9H2,2-7H3;1H/q+1;/p-1. The summed E-state index contributed by atoms with van der Waals surface area (Å²) in [6.07, 6.45) is 0.843. The summed E-state index contributed by atoms with van der Waals surface area (Å²) in [6.45, 7) is 9.99. The molecule has 0 aromatic heterocycles. The van der Waals surface area contributed by atoms with Gasteiger partial charge in [0.05, 0.1) is 33.3 Å². The highest BCUT2D eigenvalue weighted by molar-refractivity contribution is 5.86. The number of hydrogen-bond acceptors (Lipinski definition) is 2. The molecule has 0 aliphatic heterocycles. The molecule has 0 aliphatic rings. The van der Waals surface area contributed by atoms with E-state index in [1.165, 1.54) is 0 Å². The van der Waals surface area contributed by atoms with Gasteiger partial charge in [-0.1, -0.05) is 6.58 Å². The zero-order chi connectivity index (χ0) is 12.3. The Bertz CT molecular complexity index is 254. The van der Waals surface area contributed by atoms with Crippen molar-refractivity contribution in [2.45, 2.75) is 32.7 Å². The third-order valence-corrected chi connectivity index (χ3v) is 3.11. The van der Waals surface area contributed by atoms with Crippen molar-refractivity contribution in [1.29, 1.82) is 0 Å². The molecule has 0 atom stereocenters. The topological polar surface area (TPSA) is 26.3 Å². The average Bonchev–Trinajstić information content (AvgIpc) is 2.01. The first-order chi connectivity index (χ1) is 6.58. The van der Waals surface area contributed by atoms with E-state index in [1.54, 1.807) is 6.92 Å². The number of hydrogen-bond donors (Lipinski definition) is 0. The Morgan fingerprint density at radius 1 is 1.31 bits per heavy atom. The molecule has 0 saturated heterocycles. The van der Waals surface area contributed by atoms with Crippen LogP contribution in [0, 0.1) is 0 Å². The van der Waals surface area contributed by atoms with Crippen LogP contribution in [0.2, 0.25) is 0 Å². The number of nitrogens with zero attached hydrogens (tertiary/aromatic N) is 1. The summed E-state index contributed by atoms with van der Waals surface area (Å²) in [5.41, 5.74) is 0.549. The van der Waals surface area contributed by atoms with Gasteiger partial charge in [0.2, 0.25) is 0 Å². The number of carbonyl (C=O) groups excluding carboxylic acids is 1. The molecule has 0 aliphatic carbocycles. The Morgan fingerprint density at radius 2 is 1.75 bits per heavy atom. The van der Waals surface area contributed by atoms with Crippen molar-refractivity contribution in [2.75, 3.05) is 27.7 Å². The monoisotopic (exact) mass is 249 g/mol. The van der Waals surface area contributed by atoms with E-state index in [2.05, 4.69) is 41.6 Å². The molecule has 0 aromatic rings. The largest absolute Gasteiger partial charge is 1.00 e. The fourth-order valence-corrected chi connectivity index (χ4v) is 0.852. The Labute approximate surface area is 105 Å². The molecule has 0 fully saturated rings. The molecule has 0 unspecified atom stereocenters. The molecular weight excluding hydrogens is 226 g/mol. The SMILES string of the molecule is C=C(C)C(=O)OCCC(C)(C)[N+](C)(C)C.[Cl-]. The molecule has 0 radical (unpaired) electrons. The van der Waals surface area contributed by atoms with E-state index >= 15 is 0 Å². The third-order valence-electron chi connectivity index (χ3n) is 3.11. The van der Waals surface area contributed by atoms with Gasteiger partial charge in [-0.05, 0) is 20.8 Å². The van der Waals surface area contributed by atoms with Gasteiger partial charge in [-0.2, -0.15) is 0 Å². The lowest BCUT2D eigenvalue weighted by Gasteiger charge is -2.41. The minimum Gasteiger partial charge on any atom is -1.00 e. The second-order valence-corrected chi connectivity index (χ2v) is 5.49. The summed E-state index contributed by atoms with van der Waals surface area (Å²) >= 11 is 0. The molecule has 0 bridgehead atoms. The lowest BCUT2D eigenvalue weighted by Crippen LogP contribution is -3.00. The Hall–Kier alpha value is -0.540. The van der Waals surface area contributed by atoms with E-state index < -0.39 is 0 Å². The van der Waals surface area contributed by atoms with E-state index in [0.29, 0.717) is 12.2 Å². The molecule has 0 spiro atoms. The quantitative estimate of drug-likeness (QED) is 0.355. The van der Waals surface area contributed by atoms with E-state index in [1.807, 2.05) is 0 Å². The third kappa shape index (κ3) is 5.52. The van der Waals surface area contributed by atoms with Gasteiger partial charge in [0, 0.05) is 12.0 Å². The molecule has 0 N–H and O–H groups in total. The second kappa shape index (κ2) is 6.26. The summed E-state index contributed by atoms with van der Waals surface area (Å²) in [5.74, 6) is -0.299. The predicted molar refractivity (Wildman–Crippen MR) is 62.5 cm³/mol. The number of carbonyl (C=O) groups is 1. The number of esters is 1. The molecule has 3 nitrogen and oxygen atoms in total. The summed E-state index contributed by atoms with van der Waals surface area (Å²) in [7, 11) is 6.42. The van der Waals surface area contributed by atoms with Crippen LogP contribution >= 0.6 is 0 Å². The van der Waals surface area contributed by atoms with Gasteiger partial charge in [0.1, 0.15) is 0 Å². The van der Waals surface area contributed by atoms with Gasteiger partial charge in [0.15, 0.2) is 0 Å². The highest BCUT2D eigenvalue weighted by Crippen LogP contribution is 2.21. The maximum Gasteiger partial charge on any atom is 0.333 e. The zero-order valence-electron chi connectivity index (χ0n) is 11.3. The molecular formula is C12H24ClNO2. The highest BCUT2D eigenvalue weighted by atomic mass is 35.5. The van der Waals surface area contributed by atoms with Crippen molar-refractivity contribution >= 4 is 5.97 Å². The van der Waals surface area contributed by atoms with E-state index in [0.717, 1.165) is 10.9 Å². The zero-order valence-corrected chi connectivity index (χ0v) is 12.0. The molecule has 0 amide bonds. The first-order valence-corrected chi connectivity index (χ1v) is 5.22. The Morgan fingerprint density at radius 3 is 2.06 bits per heavy atom. The number of rotatable bonds is 5. The van der Waals surface area contributed by atoms with E-state index in [4.69, 9.17) is 4.74 Å². The van der Waals surface area contributed by atoms with Crippen molar-refractivity contribution in [3.63, 3.8) is 0 Å². The molecule has 96 valence electrons. The number of quaternary nitrogens is 1. The van der Waals surface area contributed by atoms with Crippen LogP contribution in [0.4, 0.5) is 0 Å². The van der Waals surface area contributed by atoms with Crippen LogP contribution in [0.25, 0.3) is 0 Å². The van der Waals surface area contributed by atoms with Crippen molar-refractivity contribution < 1.29 is 26.4 Å². The van der Waals surface area contributed by atoms with Gasteiger partial charge in [-0.15, -0.1) is 0 Å². The van der Waals surface area contributed by atoms with Gasteiger partial charge in [-0.25, -0.2) is 4.79 Å². The summed E-state index contributed by atoms with van der Waals surface area (Å²) < 4.78 is 5.93. The highest BCUT2D eigenvalue weighted by Gasteiger charge is 2.32. The summed E-state index contributed by atoms with van der Waals surface area (Å²) in [4.78, 5) is 11.2.